The molecule has 0 radical (unpaired) electrons. The molecule has 0 bridgehead atoms. The van der Waals surface area contributed by atoms with Crippen LogP contribution < -0.4 is 16.8 Å². The van der Waals surface area contributed by atoms with Crippen molar-refractivity contribution in [1.82, 2.24) is 9.78 Å². The van der Waals surface area contributed by atoms with Gasteiger partial charge in [0, 0.05) is 6.07 Å². The highest BCUT2D eigenvalue weighted by atomic mass is 16.2. The maximum absolute atomic E-state index is 11.7. The zero-order valence-corrected chi connectivity index (χ0v) is 8.59. The van der Waals surface area contributed by atoms with E-state index in [1.54, 1.807) is 16.9 Å². The van der Waals surface area contributed by atoms with Gasteiger partial charge in [-0.2, -0.15) is 5.10 Å². The number of aromatic nitrogens is 2. The van der Waals surface area contributed by atoms with Crippen LogP contribution >= 0.6 is 0 Å². The number of amides is 2. The van der Waals surface area contributed by atoms with Crippen molar-refractivity contribution in [2.45, 2.75) is 19.0 Å². The molecule has 0 fully saturated rings. The number of anilines is 1. The Labute approximate surface area is 91.8 Å². The SMILES string of the molecule is NC(=O)[C@@H](N)CC1Cn2nccc2NC1=O. The molecule has 1 aromatic rings. The Kier molecular flexibility index (Phi) is 2.61. The van der Waals surface area contributed by atoms with Crippen LogP contribution in [0.4, 0.5) is 5.82 Å². The molecule has 2 amide bonds. The monoisotopic (exact) mass is 223 g/mol. The van der Waals surface area contributed by atoms with E-state index in [9.17, 15) is 9.59 Å². The molecule has 1 aliphatic heterocycles. The highest BCUT2D eigenvalue weighted by molar-refractivity contribution is 5.93. The summed E-state index contributed by atoms with van der Waals surface area (Å²) < 4.78 is 1.67. The van der Waals surface area contributed by atoms with Crippen molar-refractivity contribution in [3.8, 4) is 0 Å². The summed E-state index contributed by atoms with van der Waals surface area (Å²) in [5, 5.41) is 6.73. The minimum Gasteiger partial charge on any atom is -0.368 e. The van der Waals surface area contributed by atoms with Gasteiger partial charge in [-0.1, -0.05) is 0 Å². The fourth-order valence-electron chi connectivity index (χ4n) is 1.71. The third-order valence-corrected chi connectivity index (χ3v) is 2.64. The van der Waals surface area contributed by atoms with Gasteiger partial charge in [-0.3, -0.25) is 9.59 Å². The average Bonchev–Trinajstić information content (AvgIpc) is 2.65. The second kappa shape index (κ2) is 3.93. The first-order valence-electron chi connectivity index (χ1n) is 4.95. The van der Waals surface area contributed by atoms with E-state index in [2.05, 4.69) is 10.4 Å². The molecule has 0 aromatic carbocycles. The summed E-state index contributed by atoms with van der Waals surface area (Å²) in [4.78, 5) is 22.5. The fraction of sp³-hybridized carbons (Fsp3) is 0.444. The summed E-state index contributed by atoms with van der Waals surface area (Å²) in [7, 11) is 0. The van der Waals surface area contributed by atoms with Crippen LogP contribution in [0.5, 0.6) is 0 Å². The van der Waals surface area contributed by atoms with Crippen molar-refractivity contribution in [3.05, 3.63) is 12.3 Å². The minimum absolute atomic E-state index is 0.148. The molecule has 1 aromatic heterocycles. The van der Waals surface area contributed by atoms with Crippen molar-refractivity contribution >= 4 is 17.6 Å². The van der Waals surface area contributed by atoms with Crippen molar-refractivity contribution in [2.24, 2.45) is 17.4 Å². The Morgan fingerprint density at radius 1 is 1.75 bits per heavy atom. The van der Waals surface area contributed by atoms with Crippen LogP contribution in [0.25, 0.3) is 0 Å². The first-order valence-corrected chi connectivity index (χ1v) is 4.95. The predicted octanol–water partition coefficient (Wildman–Crippen LogP) is -1.35. The Morgan fingerprint density at radius 2 is 2.50 bits per heavy atom. The topological polar surface area (TPSA) is 116 Å². The summed E-state index contributed by atoms with van der Waals surface area (Å²) in [5.41, 5.74) is 10.6. The molecule has 1 unspecified atom stereocenters. The van der Waals surface area contributed by atoms with Crippen LogP contribution in [-0.4, -0.2) is 27.6 Å². The molecule has 1 aliphatic rings. The van der Waals surface area contributed by atoms with Gasteiger partial charge < -0.3 is 16.8 Å². The average molecular weight is 223 g/mol. The quantitative estimate of drug-likeness (QED) is 0.587. The molecular weight excluding hydrogens is 210 g/mol. The van der Waals surface area contributed by atoms with E-state index in [1.165, 1.54) is 0 Å². The van der Waals surface area contributed by atoms with Crippen LogP contribution in [0, 0.1) is 5.92 Å². The number of nitrogens with zero attached hydrogens (tertiary/aromatic N) is 2. The lowest BCUT2D eigenvalue weighted by Crippen LogP contribution is -2.43. The zero-order chi connectivity index (χ0) is 11.7. The van der Waals surface area contributed by atoms with Gasteiger partial charge in [0.2, 0.25) is 11.8 Å². The first kappa shape index (κ1) is 10.6. The fourth-order valence-corrected chi connectivity index (χ4v) is 1.71. The Hall–Kier alpha value is -1.89. The van der Waals surface area contributed by atoms with E-state index < -0.39 is 11.9 Å². The lowest BCUT2D eigenvalue weighted by Gasteiger charge is -2.24. The van der Waals surface area contributed by atoms with E-state index in [-0.39, 0.29) is 18.2 Å². The maximum Gasteiger partial charge on any atom is 0.234 e. The summed E-state index contributed by atoms with van der Waals surface area (Å²) in [5.74, 6) is -0.451. The third-order valence-electron chi connectivity index (χ3n) is 2.64. The molecule has 7 nitrogen and oxygen atoms in total. The van der Waals surface area contributed by atoms with Crippen molar-refractivity contribution in [1.29, 1.82) is 0 Å². The Morgan fingerprint density at radius 3 is 3.19 bits per heavy atom. The number of carbonyl (C=O) groups is 2. The number of nitrogens with one attached hydrogen (secondary N) is 1. The molecular formula is C9H13N5O2. The van der Waals surface area contributed by atoms with E-state index >= 15 is 0 Å². The van der Waals surface area contributed by atoms with Gasteiger partial charge in [-0.05, 0) is 6.42 Å². The van der Waals surface area contributed by atoms with Gasteiger partial charge in [0.1, 0.15) is 5.82 Å². The molecule has 5 N–H and O–H groups in total. The zero-order valence-electron chi connectivity index (χ0n) is 8.59. The number of hydrogen-bond donors (Lipinski definition) is 3. The molecule has 16 heavy (non-hydrogen) atoms. The van der Waals surface area contributed by atoms with Crippen LogP contribution in [0.3, 0.4) is 0 Å². The van der Waals surface area contributed by atoms with Crippen LogP contribution in [0.2, 0.25) is 0 Å². The number of primary amides is 1. The molecule has 86 valence electrons. The van der Waals surface area contributed by atoms with Crippen molar-refractivity contribution < 1.29 is 9.59 Å². The van der Waals surface area contributed by atoms with Gasteiger partial charge in [-0.15, -0.1) is 0 Å². The smallest absolute Gasteiger partial charge is 0.234 e. The molecule has 7 heteroatoms. The van der Waals surface area contributed by atoms with E-state index in [0.717, 1.165) is 0 Å². The number of rotatable bonds is 3. The largest absolute Gasteiger partial charge is 0.368 e. The molecule has 0 aliphatic carbocycles. The number of carbonyl (C=O) groups excluding carboxylic acids is 2. The standard InChI is InChI=1S/C9H13N5O2/c10-6(8(11)15)3-5-4-14-7(1-2-12-14)13-9(5)16/h1-2,5-6H,3-4,10H2,(H2,11,15)(H,13,16)/t5?,6-/m0/s1. The predicted molar refractivity (Wildman–Crippen MR) is 56.1 cm³/mol. The second-order valence-corrected chi connectivity index (χ2v) is 3.83. The summed E-state index contributed by atoms with van der Waals surface area (Å²) in [6.07, 6.45) is 1.84. The summed E-state index contributed by atoms with van der Waals surface area (Å²) >= 11 is 0. The lowest BCUT2D eigenvalue weighted by molar-refractivity contribution is -0.122. The lowest BCUT2D eigenvalue weighted by atomic mass is 9.98. The van der Waals surface area contributed by atoms with Gasteiger partial charge in [0.15, 0.2) is 0 Å². The minimum atomic E-state index is -0.798. The number of nitrogens with two attached hydrogens (primary N) is 2. The van der Waals surface area contributed by atoms with E-state index in [1.807, 2.05) is 0 Å². The molecule has 2 heterocycles. The Bertz CT molecular complexity index is 427. The summed E-state index contributed by atoms with van der Waals surface area (Å²) in [6, 6.07) is 0.912. The van der Waals surface area contributed by atoms with Gasteiger partial charge >= 0.3 is 0 Å². The maximum atomic E-state index is 11.7. The van der Waals surface area contributed by atoms with Gasteiger partial charge in [0.25, 0.3) is 0 Å². The third kappa shape index (κ3) is 1.89. The molecule has 0 saturated heterocycles. The highest BCUT2D eigenvalue weighted by Crippen LogP contribution is 2.20. The normalized spacial score (nSPS) is 21.1. The van der Waals surface area contributed by atoms with Crippen LogP contribution in [-0.2, 0) is 16.1 Å². The van der Waals surface area contributed by atoms with Crippen LogP contribution in [0.15, 0.2) is 12.3 Å². The van der Waals surface area contributed by atoms with Crippen molar-refractivity contribution in [3.63, 3.8) is 0 Å². The van der Waals surface area contributed by atoms with Gasteiger partial charge in [0.05, 0.1) is 24.7 Å². The van der Waals surface area contributed by atoms with Crippen LogP contribution in [0.1, 0.15) is 6.42 Å². The van der Waals surface area contributed by atoms with Gasteiger partial charge in [-0.25, -0.2) is 4.68 Å². The van der Waals surface area contributed by atoms with E-state index in [0.29, 0.717) is 12.4 Å². The highest BCUT2D eigenvalue weighted by Gasteiger charge is 2.29. The molecule has 2 rings (SSSR count). The number of hydrogen-bond acceptors (Lipinski definition) is 4. The van der Waals surface area contributed by atoms with E-state index in [4.69, 9.17) is 11.5 Å². The molecule has 0 saturated carbocycles. The second-order valence-electron chi connectivity index (χ2n) is 3.83. The summed E-state index contributed by atoms with van der Waals surface area (Å²) in [6.45, 7) is 0.426. The molecule has 0 spiro atoms. The number of fused-ring (bicyclic) bond motifs is 1. The first-order chi connectivity index (χ1) is 7.58. The van der Waals surface area contributed by atoms with Crippen molar-refractivity contribution in [2.75, 3.05) is 5.32 Å². The molecule has 2 atom stereocenters. The Balaban J connectivity index is 2.08.